The number of hydrogen-bond acceptors (Lipinski definition) is 20. The average molecular weight is 815 g/mol. The number of hydrogen-bond donors (Lipinski definition) is 0. The van der Waals surface area contributed by atoms with Crippen molar-refractivity contribution >= 4 is 0 Å². The summed E-state index contributed by atoms with van der Waals surface area (Å²) < 4.78 is 172. The first-order valence-corrected chi connectivity index (χ1v) is 13.7. The molecule has 0 aliphatic rings. The van der Waals surface area contributed by atoms with E-state index in [1.807, 2.05) is 0 Å². The molecule has 0 N–H and O–H groups in total. The van der Waals surface area contributed by atoms with E-state index in [1.54, 1.807) is 0 Å². The van der Waals surface area contributed by atoms with Gasteiger partial charge in [0.2, 0.25) is 0 Å². The Morgan fingerprint density at radius 2 is 0.276 bits per heavy atom. The van der Waals surface area contributed by atoms with Crippen molar-refractivity contribution in [3.63, 3.8) is 0 Å². The Balaban J connectivity index is -0.0000000238. The van der Waals surface area contributed by atoms with Crippen molar-refractivity contribution < 1.29 is 221 Å². The summed E-state index contributed by atoms with van der Waals surface area (Å²) in [5.41, 5.74) is 0. The first-order chi connectivity index (χ1) is 10.0. The van der Waals surface area contributed by atoms with E-state index in [2.05, 4.69) is 0 Å². The molecule has 0 fully saturated rings. The molecular weight excluding hydrogens is 815 g/mol. The van der Waals surface area contributed by atoms with Crippen molar-refractivity contribution in [3.05, 3.63) is 0 Å². The molecule has 0 saturated heterocycles. The van der Waals surface area contributed by atoms with Gasteiger partial charge in [-0.2, -0.15) is 0 Å². The molecule has 29 heavy (non-hydrogen) atoms. The van der Waals surface area contributed by atoms with Crippen molar-refractivity contribution in [1.29, 1.82) is 0 Å². The number of rotatable bonds is 0. The van der Waals surface area contributed by atoms with Crippen LogP contribution in [0.2, 0.25) is 0 Å². The van der Waals surface area contributed by atoms with Crippen LogP contribution in [0.3, 0.4) is 0 Å². The quantitative estimate of drug-likeness (QED) is 0.205. The molecule has 29 heteroatoms. The van der Waals surface area contributed by atoms with Crippen molar-refractivity contribution in [2.24, 2.45) is 0 Å². The Bertz CT molecular complexity index is 623. The summed E-state index contributed by atoms with van der Waals surface area (Å²) in [5, 5.41) is 0. The summed E-state index contributed by atoms with van der Waals surface area (Å²) in [6.07, 6.45) is 0. The van der Waals surface area contributed by atoms with Crippen molar-refractivity contribution in [3.8, 4) is 0 Å². The fourth-order valence-electron chi connectivity index (χ4n) is 0. The van der Waals surface area contributed by atoms with Gasteiger partial charge in [0.1, 0.15) is 0 Å². The molecule has 166 valence electrons. The van der Waals surface area contributed by atoms with Crippen LogP contribution in [0.1, 0.15) is 0 Å². The molecule has 0 atom stereocenters. The van der Waals surface area contributed by atoms with Crippen molar-refractivity contribution in [1.82, 2.24) is 0 Å². The fraction of sp³-hybridized carbons (Fsp3) is 0. The van der Waals surface area contributed by atoms with Crippen molar-refractivity contribution in [2.45, 2.75) is 0 Å². The van der Waals surface area contributed by atoms with Gasteiger partial charge in [0.05, 0.1) is 0 Å². The van der Waals surface area contributed by atoms with Gasteiger partial charge in [-0.05, 0) is 0 Å². The van der Waals surface area contributed by atoms with Crippen LogP contribution in [-0.4, -0.2) is 0 Å². The van der Waals surface area contributed by atoms with Crippen LogP contribution in [0.15, 0.2) is 0 Å². The van der Waals surface area contributed by atoms with Gasteiger partial charge in [0, 0.05) is 0 Å². The molecule has 0 aromatic rings. The zero-order valence-electron chi connectivity index (χ0n) is 12.4. The maximum Gasteiger partial charge on any atom is 2.00 e. The molecular formula is Cr7O20Zn2. The van der Waals surface area contributed by atoms with E-state index in [0.717, 1.165) is 0 Å². The Morgan fingerprint density at radius 1 is 0.276 bits per heavy atom. The molecule has 0 amide bonds. The molecule has 20 nitrogen and oxygen atoms in total. The van der Waals surface area contributed by atoms with Gasteiger partial charge in [0.15, 0.2) is 0 Å². The van der Waals surface area contributed by atoms with E-state index in [-0.39, 0.29) is 73.7 Å². The second-order valence-corrected chi connectivity index (χ2v) is 8.42. The second kappa shape index (κ2) is 25.2. The summed E-state index contributed by atoms with van der Waals surface area (Å²) in [6, 6.07) is 0. The Kier molecular flexibility index (Phi) is 50.3. The van der Waals surface area contributed by atoms with Crippen LogP contribution >= 0.6 is 0 Å². The fourth-order valence-corrected chi connectivity index (χ4v) is 0. The molecule has 0 spiro atoms. The van der Waals surface area contributed by atoms with Crippen LogP contribution in [0.4, 0.5) is 0 Å². The van der Waals surface area contributed by atoms with Crippen LogP contribution in [0.5, 0.6) is 0 Å². The third kappa shape index (κ3) is 3770. The third-order valence-electron chi connectivity index (χ3n) is 0. The summed E-state index contributed by atoms with van der Waals surface area (Å²) in [6.45, 7) is 0. The van der Waals surface area contributed by atoms with Crippen LogP contribution < -0.4 is 41.6 Å². The van der Waals surface area contributed by atoms with Crippen LogP contribution in [0.25, 0.3) is 0 Å². The van der Waals surface area contributed by atoms with Gasteiger partial charge in [-0.1, -0.05) is 0 Å². The maximum absolute atomic E-state index is 8.59. The molecule has 0 rings (SSSR count). The van der Waals surface area contributed by atoms with Crippen LogP contribution in [0, 0.1) is 0 Å². The monoisotopic (exact) mass is 811 g/mol. The Hall–Kier alpha value is 2.57. The molecule has 0 aliphatic heterocycles. The SMILES string of the molecule is [Cr+3].[Cr+3].[O]=[Cr](=[O])([O-])[O-].[O]=[Cr](=[O])([O-])[O-].[O]=[Cr](=[O])([O-])[O-].[O]=[Cr](=[O])([O-])[O-].[O]=[Cr](=[O])([O-])[O-].[Zn+2].[Zn+2]. The van der Waals surface area contributed by atoms with E-state index in [0.29, 0.717) is 0 Å². The molecule has 0 heterocycles. The second-order valence-electron chi connectivity index (χ2n) is 2.04. The minimum Gasteiger partial charge on any atom is 2.00 e. The van der Waals surface area contributed by atoms with E-state index < -0.39 is 68.1 Å². The van der Waals surface area contributed by atoms with Gasteiger partial charge in [0.25, 0.3) is 0 Å². The molecule has 0 bridgehead atoms. The molecule has 0 aromatic carbocycles. The largest absolute Gasteiger partial charge is 2.00 e. The minimum atomic E-state index is -5.75. The molecule has 0 saturated carbocycles. The first-order valence-electron chi connectivity index (χ1n) is 3.33. The van der Waals surface area contributed by atoms with Crippen LogP contribution in [-0.2, 0) is 180 Å². The van der Waals surface area contributed by atoms with Gasteiger partial charge in [-0.15, -0.1) is 0 Å². The third-order valence-corrected chi connectivity index (χ3v) is 0. The smallest absolute Gasteiger partial charge is 2.00 e. The predicted molar refractivity (Wildman–Crippen MR) is 6.86 cm³/mol. The summed E-state index contributed by atoms with van der Waals surface area (Å²) in [4.78, 5) is 0. The Labute approximate surface area is 218 Å². The topological polar surface area (TPSA) is 401 Å². The molecule has 0 aliphatic carbocycles. The Morgan fingerprint density at radius 3 is 0.276 bits per heavy atom. The molecule has 0 aromatic heterocycles. The zero-order valence-corrected chi connectivity index (χ0v) is 27.3. The zero-order chi connectivity index (χ0) is 22.5. The van der Waals surface area contributed by atoms with E-state index >= 15 is 0 Å². The van der Waals surface area contributed by atoms with Gasteiger partial charge < -0.3 is 0 Å². The van der Waals surface area contributed by atoms with Gasteiger partial charge in [-0.3, -0.25) is 0 Å². The van der Waals surface area contributed by atoms with Crippen molar-refractivity contribution in [2.75, 3.05) is 0 Å². The minimum absolute atomic E-state index is 0. The standard InChI is InChI=1S/7Cr.20O.2Zn/q;;;;;2*+3;;;;;;;;;;;10*-1;2*+2. The average Bonchev–Trinajstić information content (AvgIpc) is 1.79. The normalized spacial score (nSPS) is 10.0. The van der Waals surface area contributed by atoms with E-state index in [9.17, 15) is 0 Å². The molecule has 2 radical (unpaired) electrons. The first kappa shape index (κ1) is 57.9. The van der Waals surface area contributed by atoms with Gasteiger partial charge >= 0.3 is 221 Å². The van der Waals surface area contributed by atoms with E-state index in [1.165, 1.54) is 0 Å². The summed E-state index contributed by atoms with van der Waals surface area (Å²) in [7, 11) is 0. The summed E-state index contributed by atoms with van der Waals surface area (Å²) >= 11 is -28.8. The van der Waals surface area contributed by atoms with Gasteiger partial charge in [-0.25, -0.2) is 0 Å². The predicted octanol–water partition coefficient (Wildman–Crippen LogP) is -13.1. The molecule has 0 unspecified atom stereocenters. The van der Waals surface area contributed by atoms with E-state index in [4.69, 9.17) is 79.6 Å². The summed E-state index contributed by atoms with van der Waals surface area (Å²) in [5.74, 6) is 0. The maximum atomic E-state index is 8.59.